The molecule has 2 aliphatic rings. The van der Waals surface area contributed by atoms with Gasteiger partial charge in [-0.15, -0.1) is 0 Å². The SMILES string of the molecule is CCOC(=O)/C=C/c1cc(F)c(C2c3[nH]c4ccccc4c3C[C@@H](C=O)N2C2CCOC2)c(F)c1. The standard InChI is InChI=1S/C27H26F2N2O4/c1-2-35-24(33)8-7-16-11-21(28)25(22(29)12-16)27-26-20(19-5-3-4-6-23(19)30-26)13-18(14-32)31(27)17-9-10-34-15-17/h3-8,11-12,14,17-18,27,30H,2,9-10,13,15H2,1H3/b8-7+/t17?,18-,27?/m0/s1. The number of aromatic nitrogens is 1. The van der Waals surface area contributed by atoms with Crippen molar-refractivity contribution in [1.29, 1.82) is 0 Å². The van der Waals surface area contributed by atoms with Crippen molar-refractivity contribution in [3.8, 4) is 0 Å². The van der Waals surface area contributed by atoms with E-state index in [0.29, 0.717) is 31.7 Å². The topological polar surface area (TPSA) is 71.6 Å². The Morgan fingerprint density at radius 2 is 2.03 bits per heavy atom. The fourth-order valence-corrected chi connectivity index (χ4v) is 5.30. The van der Waals surface area contributed by atoms with E-state index < -0.39 is 29.7 Å². The molecule has 0 saturated carbocycles. The summed E-state index contributed by atoms with van der Waals surface area (Å²) in [5, 5.41) is 0.941. The van der Waals surface area contributed by atoms with E-state index >= 15 is 8.78 Å². The first-order chi connectivity index (χ1) is 17.0. The number of para-hydroxylation sites is 1. The van der Waals surface area contributed by atoms with Gasteiger partial charge in [0, 0.05) is 40.9 Å². The normalized spacial score (nSPS) is 22.5. The summed E-state index contributed by atoms with van der Waals surface area (Å²) in [5.74, 6) is -2.09. The van der Waals surface area contributed by atoms with E-state index in [1.807, 2.05) is 29.2 Å². The molecular weight excluding hydrogens is 454 g/mol. The lowest BCUT2D eigenvalue weighted by molar-refractivity contribution is -0.137. The summed E-state index contributed by atoms with van der Waals surface area (Å²) in [4.78, 5) is 29.2. The third kappa shape index (κ3) is 4.28. The quantitative estimate of drug-likeness (QED) is 0.323. The maximum absolute atomic E-state index is 15.7. The lowest BCUT2D eigenvalue weighted by Crippen LogP contribution is -2.51. The molecule has 2 aliphatic heterocycles. The van der Waals surface area contributed by atoms with E-state index in [1.165, 1.54) is 18.2 Å². The molecule has 1 fully saturated rings. The number of ether oxygens (including phenoxy) is 2. The second-order valence-electron chi connectivity index (χ2n) is 8.82. The number of carbonyl (C=O) groups is 2. The predicted molar refractivity (Wildman–Crippen MR) is 127 cm³/mol. The number of aromatic amines is 1. The first-order valence-electron chi connectivity index (χ1n) is 11.8. The molecule has 3 heterocycles. The molecule has 2 aromatic carbocycles. The number of nitrogens with one attached hydrogen (secondary N) is 1. The molecule has 2 unspecified atom stereocenters. The first-order valence-corrected chi connectivity index (χ1v) is 11.8. The van der Waals surface area contributed by atoms with Gasteiger partial charge in [-0.25, -0.2) is 13.6 Å². The second-order valence-corrected chi connectivity index (χ2v) is 8.82. The highest BCUT2D eigenvalue weighted by molar-refractivity contribution is 5.87. The van der Waals surface area contributed by atoms with Crippen LogP contribution in [0.5, 0.6) is 0 Å². The lowest BCUT2D eigenvalue weighted by Gasteiger charge is -2.43. The van der Waals surface area contributed by atoms with Crippen LogP contribution in [0, 0.1) is 11.6 Å². The number of rotatable bonds is 6. The summed E-state index contributed by atoms with van der Waals surface area (Å²) < 4.78 is 41.7. The molecule has 3 aromatic rings. The highest BCUT2D eigenvalue weighted by Gasteiger charge is 2.44. The monoisotopic (exact) mass is 480 g/mol. The van der Waals surface area contributed by atoms with Crippen LogP contribution in [0.2, 0.25) is 0 Å². The number of hydrogen-bond donors (Lipinski definition) is 1. The predicted octanol–water partition coefficient (Wildman–Crippen LogP) is 4.33. The van der Waals surface area contributed by atoms with Gasteiger partial charge in [-0.05, 0) is 55.2 Å². The largest absolute Gasteiger partial charge is 0.463 e. The smallest absolute Gasteiger partial charge is 0.330 e. The van der Waals surface area contributed by atoms with Crippen molar-refractivity contribution >= 4 is 29.2 Å². The van der Waals surface area contributed by atoms with Crippen LogP contribution < -0.4 is 0 Å². The van der Waals surface area contributed by atoms with Crippen LogP contribution in [0.3, 0.4) is 0 Å². The summed E-state index contributed by atoms with van der Waals surface area (Å²) in [5.41, 5.74) is 2.50. The average molecular weight is 481 g/mol. The number of benzene rings is 2. The Balaban J connectivity index is 1.65. The molecule has 3 atom stereocenters. The van der Waals surface area contributed by atoms with Crippen molar-refractivity contribution in [2.24, 2.45) is 0 Å². The zero-order chi connectivity index (χ0) is 24.5. The molecule has 6 nitrogen and oxygen atoms in total. The molecule has 1 N–H and O–H groups in total. The molecule has 8 heteroatoms. The van der Waals surface area contributed by atoms with Gasteiger partial charge in [-0.1, -0.05) is 18.2 Å². The van der Waals surface area contributed by atoms with Gasteiger partial charge in [-0.2, -0.15) is 0 Å². The minimum atomic E-state index is -0.837. The Bertz CT molecular complexity index is 1270. The van der Waals surface area contributed by atoms with Gasteiger partial charge in [0.1, 0.15) is 17.9 Å². The van der Waals surface area contributed by atoms with Crippen LogP contribution in [0.4, 0.5) is 8.78 Å². The number of carbonyl (C=O) groups excluding carboxylic acids is 2. The highest BCUT2D eigenvalue weighted by atomic mass is 19.1. The molecule has 182 valence electrons. The fraction of sp³-hybridized carbons (Fsp3) is 0.333. The third-order valence-electron chi connectivity index (χ3n) is 6.77. The van der Waals surface area contributed by atoms with Crippen molar-refractivity contribution in [1.82, 2.24) is 9.88 Å². The van der Waals surface area contributed by atoms with Gasteiger partial charge in [-0.3, -0.25) is 4.90 Å². The van der Waals surface area contributed by atoms with Crippen molar-refractivity contribution in [3.63, 3.8) is 0 Å². The van der Waals surface area contributed by atoms with Crippen LogP contribution in [0.15, 0.2) is 42.5 Å². The van der Waals surface area contributed by atoms with E-state index in [9.17, 15) is 9.59 Å². The molecule has 0 spiro atoms. The lowest BCUT2D eigenvalue weighted by atomic mass is 9.86. The molecule has 1 aromatic heterocycles. The van der Waals surface area contributed by atoms with Crippen LogP contribution in [-0.4, -0.2) is 54.0 Å². The van der Waals surface area contributed by atoms with Gasteiger partial charge in [0.05, 0.1) is 25.3 Å². The van der Waals surface area contributed by atoms with Crippen LogP contribution in [-0.2, 0) is 25.5 Å². The zero-order valence-electron chi connectivity index (χ0n) is 19.3. The summed E-state index contributed by atoms with van der Waals surface area (Å²) in [6, 6.07) is 8.52. The fourth-order valence-electron chi connectivity index (χ4n) is 5.30. The molecule has 0 bridgehead atoms. The third-order valence-corrected chi connectivity index (χ3v) is 6.77. The molecular formula is C27H26F2N2O4. The number of esters is 1. The van der Waals surface area contributed by atoms with Gasteiger partial charge in [0.25, 0.3) is 0 Å². The van der Waals surface area contributed by atoms with E-state index in [1.54, 1.807) is 6.92 Å². The van der Waals surface area contributed by atoms with Crippen molar-refractivity contribution in [2.75, 3.05) is 19.8 Å². The number of hydrogen-bond acceptors (Lipinski definition) is 5. The molecule has 0 amide bonds. The van der Waals surface area contributed by atoms with Gasteiger partial charge in [0.2, 0.25) is 0 Å². The summed E-state index contributed by atoms with van der Waals surface area (Å²) >= 11 is 0. The molecule has 0 aliphatic carbocycles. The Morgan fingerprint density at radius 3 is 2.71 bits per heavy atom. The maximum Gasteiger partial charge on any atom is 0.330 e. The number of halogens is 2. The van der Waals surface area contributed by atoms with E-state index in [0.717, 1.165) is 28.8 Å². The Morgan fingerprint density at radius 1 is 1.26 bits per heavy atom. The van der Waals surface area contributed by atoms with Gasteiger partial charge < -0.3 is 19.3 Å². The minimum absolute atomic E-state index is 0.135. The van der Waals surface area contributed by atoms with Crippen molar-refractivity contribution in [3.05, 3.63) is 76.5 Å². The zero-order valence-corrected chi connectivity index (χ0v) is 19.3. The van der Waals surface area contributed by atoms with E-state index in [-0.39, 0.29) is 23.8 Å². The first kappa shape index (κ1) is 23.4. The van der Waals surface area contributed by atoms with Crippen molar-refractivity contribution < 1.29 is 27.8 Å². The highest BCUT2D eigenvalue weighted by Crippen LogP contribution is 2.44. The Hall–Kier alpha value is -3.36. The molecule has 1 saturated heterocycles. The summed E-state index contributed by atoms with van der Waals surface area (Å²) in [6.45, 7) is 2.80. The number of fused-ring (bicyclic) bond motifs is 3. The Labute approximate surface area is 201 Å². The number of H-pyrrole nitrogens is 1. The van der Waals surface area contributed by atoms with Crippen LogP contribution in [0.1, 0.15) is 41.8 Å². The van der Waals surface area contributed by atoms with Gasteiger partial charge >= 0.3 is 5.97 Å². The molecule has 5 rings (SSSR count). The van der Waals surface area contributed by atoms with E-state index in [2.05, 4.69) is 4.98 Å². The number of nitrogens with zero attached hydrogens (tertiary/aromatic N) is 1. The number of aldehydes is 1. The second kappa shape index (κ2) is 9.71. The summed E-state index contributed by atoms with van der Waals surface area (Å²) in [6.07, 6.45) is 4.43. The van der Waals surface area contributed by atoms with Crippen LogP contribution >= 0.6 is 0 Å². The summed E-state index contributed by atoms with van der Waals surface area (Å²) in [7, 11) is 0. The Kier molecular flexibility index (Phi) is 6.49. The average Bonchev–Trinajstić information content (AvgIpc) is 3.50. The maximum atomic E-state index is 15.7. The van der Waals surface area contributed by atoms with E-state index in [4.69, 9.17) is 9.47 Å². The minimum Gasteiger partial charge on any atom is -0.463 e. The van der Waals surface area contributed by atoms with Gasteiger partial charge in [0.15, 0.2) is 0 Å². The molecule has 35 heavy (non-hydrogen) atoms. The molecule has 0 radical (unpaired) electrons. The van der Waals surface area contributed by atoms with Crippen molar-refractivity contribution in [2.45, 2.75) is 37.9 Å². The van der Waals surface area contributed by atoms with Crippen LogP contribution in [0.25, 0.3) is 17.0 Å².